The van der Waals surface area contributed by atoms with Crippen LogP contribution >= 0.6 is 0 Å². The number of aliphatic imine (C=N–C) groups is 1. The van der Waals surface area contributed by atoms with Gasteiger partial charge in [-0.15, -0.1) is 0 Å². The molecular weight excluding hydrogens is 334 g/mol. The van der Waals surface area contributed by atoms with Crippen LogP contribution in [0.5, 0.6) is 11.5 Å². The van der Waals surface area contributed by atoms with Gasteiger partial charge in [0.2, 0.25) is 5.90 Å². The average molecular weight is 357 g/mol. The normalized spacial score (nSPS) is 11.9. The van der Waals surface area contributed by atoms with E-state index in [1.165, 1.54) is 5.56 Å². The monoisotopic (exact) mass is 357 g/mol. The van der Waals surface area contributed by atoms with Crippen LogP contribution in [0.25, 0.3) is 0 Å². The van der Waals surface area contributed by atoms with Gasteiger partial charge in [-0.3, -0.25) is 0 Å². The third kappa shape index (κ3) is 5.58. The van der Waals surface area contributed by atoms with Gasteiger partial charge in [0, 0.05) is 5.57 Å². The van der Waals surface area contributed by atoms with Gasteiger partial charge in [0.15, 0.2) is 0 Å². The standard InChI is InChI=1S/C24H23NO2/c1-3-20-14-16-22(17-15-20)26-18-19(2)24(25-21-10-6-4-7-11-21)27-23-12-8-5-9-13-23/h4-18H,3H2,1-2H3/b19-18+,25-24-. The smallest absolute Gasteiger partial charge is 0.225 e. The highest BCUT2D eigenvalue weighted by Crippen LogP contribution is 2.18. The van der Waals surface area contributed by atoms with E-state index in [1.54, 1.807) is 6.26 Å². The second-order valence-electron chi connectivity index (χ2n) is 6.08. The second-order valence-corrected chi connectivity index (χ2v) is 6.08. The Morgan fingerprint density at radius 2 is 1.44 bits per heavy atom. The molecule has 27 heavy (non-hydrogen) atoms. The maximum Gasteiger partial charge on any atom is 0.225 e. The summed E-state index contributed by atoms with van der Waals surface area (Å²) in [6.07, 6.45) is 2.68. The lowest BCUT2D eigenvalue weighted by Gasteiger charge is -2.10. The predicted octanol–water partition coefficient (Wildman–Crippen LogP) is 6.34. The van der Waals surface area contributed by atoms with Gasteiger partial charge in [-0.1, -0.05) is 55.5 Å². The number of rotatable bonds is 6. The van der Waals surface area contributed by atoms with Crippen LogP contribution in [0.3, 0.4) is 0 Å². The number of aryl methyl sites for hydroxylation is 1. The van der Waals surface area contributed by atoms with E-state index in [0.29, 0.717) is 5.90 Å². The highest BCUT2D eigenvalue weighted by Gasteiger charge is 2.07. The molecule has 0 N–H and O–H groups in total. The minimum absolute atomic E-state index is 0.498. The van der Waals surface area contributed by atoms with E-state index in [2.05, 4.69) is 24.0 Å². The minimum atomic E-state index is 0.498. The van der Waals surface area contributed by atoms with Crippen molar-refractivity contribution in [2.75, 3.05) is 0 Å². The predicted molar refractivity (Wildman–Crippen MR) is 111 cm³/mol. The van der Waals surface area contributed by atoms with Gasteiger partial charge < -0.3 is 9.47 Å². The number of hydrogen-bond donors (Lipinski definition) is 0. The first kappa shape index (κ1) is 18.5. The Morgan fingerprint density at radius 1 is 0.815 bits per heavy atom. The van der Waals surface area contributed by atoms with E-state index >= 15 is 0 Å². The zero-order chi connectivity index (χ0) is 18.9. The van der Waals surface area contributed by atoms with Crippen molar-refractivity contribution < 1.29 is 9.47 Å². The van der Waals surface area contributed by atoms with Crippen molar-refractivity contribution in [3.63, 3.8) is 0 Å². The van der Waals surface area contributed by atoms with Crippen LogP contribution in [-0.2, 0) is 6.42 Å². The maximum atomic E-state index is 6.01. The topological polar surface area (TPSA) is 30.8 Å². The lowest BCUT2D eigenvalue weighted by Crippen LogP contribution is -2.10. The molecule has 0 unspecified atom stereocenters. The SMILES string of the molecule is CCc1ccc(O/C=C(C)/C(=N/c2ccccc2)Oc2ccccc2)cc1. The molecule has 0 atom stereocenters. The molecule has 0 aromatic heterocycles. The van der Waals surface area contributed by atoms with E-state index in [1.807, 2.05) is 79.7 Å². The van der Waals surface area contributed by atoms with Crippen LogP contribution < -0.4 is 9.47 Å². The number of nitrogens with zero attached hydrogens (tertiary/aromatic N) is 1. The molecule has 0 radical (unpaired) electrons. The number of hydrogen-bond acceptors (Lipinski definition) is 3. The molecule has 0 spiro atoms. The van der Waals surface area contributed by atoms with Crippen LogP contribution in [0, 0.1) is 0 Å². The summed E-state index contributed by atoms with van der Waals surface area (Å²) in [5.74, 6) is 2.01. The Labute approximate surface area is 160 Å². The van der Waals surface area contributed by atoms with Gasteiger partial charge in [-0.2, -0.15) is 0 Å². The second kappa shape index (κ2) is 9.39. The summed E-state index contributed by atoms with van der Waals surface area (Å²) in [6.45, 7) is 4.05. The molecule has 136 valence electrons. The Kier molecular flexibility index (Phi) is 6.42. The Hall–Kier alpha value is -3.33. The van der Waals surface area contributed by atoms with Crippen LogP contribution in [0.2, 0.25) is 0 Å². The minimum Gasteiger partial charge on any atom is -0.465 e. The maximum absolute atomic E-state index is 6.01. The lowest BCUT2D eigenvalue weighted by atomic mass is 10.2. The largest absolute Gasteiger partial charge is 0.465 e. The molecule has 0 bridgehead atoms. The molecule has 3 aromatic rings. The van der Waals surface area contributed by atoms with Crippen molar-refractivity contribution in [3.05, 3.63) is 102 Å². The summed E-state index contributed by atoms with van der Waals surface area (Å²) in [5, 5.41) is 0. The summed E-state index contributed by atoms with van der Waals surface area (Å²) in [4.78, 5) is 4.64. The first-order valence-electron chi connectivity index (χ1n) is 9.04. The Balaban J connectivity index is 1.82. The molecule has 0 aliphatic rings. The fourth-order valence-electron chi connectivity index (χ4n) is 2.42. The summed E-state index contributed by atoms with van der Waals surface area (Å²) in [7, 11) is 0. The van der Waals surface area contributed by atoms with E-state index < -0.39 is 0 Å². The molecule has 0 saturated carbocycles. The van der Waals surface area contributed by atoms with Crippen molar-refractivity contribution in [2.45, 2.75) is 20.3 Å². The Morgan fingerprint density at radius 3 is 2.07 bits per heavy atom. The van der Waals surface area contributed by atoms with Gasteiger partial charge in [0.1, 0.15) is 11.5 Å². The van der Waals surface area contributed by atoms with Gasteiger partial charge in [0.05, 0.1) is 11.9 Å². The fraction of sp³-hybridized carbons (Fsp3) is 0.125. The molecule has 3 aromatic carbocycles. The number of benzene rings is 3. The van der Waals surface area contributed by atoms with E-state index in [4.69, 9.17) is 9.47 Å². The molecule has 0 heterocycles. The summed E-state index contributed by atoms with van der Waals surface area (Å²) in [6, 6.07) is 27.4. The van der Waals surface area contributed by atoms with E-state index in [-0.39, 0.29) is 0 Å². The lowest BCUT2D eigenvalue weighted by molar-refractivity contribution is 0.473. The molecule has 0 aliphatic heterocycles. The van der Waals surface area contributed by atoms with Crippen molar-refractivity contribution >= 4 is 11.6 Å². The summed E-state index contributed by atoms with van der Waals surface area (Å²) in [5.41, 5.74) is 2.90. The highest BCUT2D eigenvalue weighted by molar-refractivity contribution is 5.96. The van der Waals surface area contributed by atoms with Crippen LogP contribution in [0.4, 0.5) is 5.69 Å². The molecule has 0 aliphatic carbocycles. The van der Waals surface area contributed by atoms with Gasteiger partial charge >= 0.3 is 0 Å². The van der Waals surface area contributed by atoms with Gasteiger partial charge in [-0.25, -0.2) is 4.99 Å². The highest BCUT2D eigenvalue weighted by atomic mass is 16.5. The van der Waals surface area contributed by atoms with Crippen molar-refractivity contribution in [1.82, 2.24) is 0 Å². The first-order chi connectivity index (χ1) is 13.2. The van der Waals surface area contributed by atoms with Crippen molar-refractivity contribution in [1.29, 1.82) is 0 Å². The molecule has 3 nitrogen and oxygen atoms in total. The van der Waals surface area contributed by atoms with Crippen molar-refractivity contribution in [2.24, 2.45) is 4.99 Å². The molecule has 3 rings (SSSR count). The molecule has 0 fully saturated rings. The molecular formula is C24H23NO2. The average Bonchev–Trinajstić information content (AvgIpc) is 2.73. The fourth-order valence-corrected chi connectivity index (χ4v) is 2.42. The van der Waals surface area contributed by atoms with Gasteiger partial charge in [0.25, 0.3) is 0 Å². The summed E-state index contributed by atoms with van der Waals surface area (Å²) < 4.78 is 11.8. The van der Waals surface area contributed by atoms with E-state index in [9.17, 15) is 0 Å². The Bertz CT molecular complexity index is 898. The summed E-state index contributed by atoms with van der Waals surface area (Å²) >= 11 is 0. The third-order valence-corrected chi connectivity index (χ3v) is 3.99. The zero-order valence-electron chi connectivity index (χ0n) is 15.6. The molecule has 3 heteroatoms. The number of ether oxygens (including phenoxy) is 2. The molecule has 0 saturated heterocycles. The van der Waals surface area contributed by atoms with Gasteiger partial charge in [-0.05, 0) is 55.3 Å². The third-order valence-electron chi connectivity index (χ3n) is 3.99. The van der Waals surface area contributed by atoms with E-state index in [0.717, 1.165) is 29.2 Å². The first-order valence-corrected chi connectivity index (χ1v) is 9.04. The van der Waals surface area contributed by atoms with Crippen molar-refractivity contribution in [3.8, 4) is 11.5 Å². The van der Waals surface area contributed by atoms with Crippen LogP contribution in [-0.4, -0.2) is 5.90 Å². The molecule has 0 amide bonds. The zero-order valence-corrected chi connectivity index (χ0v) is 15.6. The quantitative estimate of drug-likeness (QED) is 0.293. The van der Waals surface area contributed by atoms with Crippen LogP contribution in [0.15, 0.2) is 102 Å². The number of para-hydroxylation sites is 2. The van der Waals surface area contributed by atoms with Crippen LogP contribution in [0.1, 0.15) is 19.4 Å².